The van der Waals surface area contributed by atoms with Gasteiger partial charge in [-0.1, -0.05) is 19.3 Å². The summed E-state index contributed by atoms with van der Waals surface area (Å²) in [7, 11) is 0. The van der Waals surface area contributed by atoms with Crippen molar-refractivity contribution >= 4 is 23.7 Å². The average Bonchev–Trinajstić information content (AvgIpc) is 2.36. The SMILES string of the molecule is CC1CC(SCC(=O)NC2CCCCC2)NC(=O)N1. The Morgan fingerprint density at radius 3 is 2.74 bits per heavy atom. The molecule has 0 bridgehead atoms. The molecule has 2 rings (SSSR count). The van der Waals surface area contributed by atoms with Gasteiger partial charge >= 0.3 is 6.03 Å². The van der Waals surface area contributed by atoms with Crippen LogP contribution in [0.3, 0.4) is 0 Å². The van der Waals surface area contributed by atoms with Crippen molar-refractivity contribution in [1.29, 1.82) is 0 Å². The normalized spacial score (nSPS) is 28.4. The highest BCUT2D eigenvalue weighted by Gasteiger charge is 2.24. The minimum absolute atomic E-state index is 0.0425. The third-order valence-corrected chi connectivity index (χ3v) is 4.76. The second-order valence-electron chi connectivity index (χ2n) is 5.46. The third kappa shape index (κ3) is 4.93. The van der Waals surface area contributed by atoms with E-state index in [-0.39, 0.29) is 23.4 Å². The van der Waals surface area contributed by atoms with Crippen LogP contribution in [0.25, 0.3) is 0 Å². The summed E-state index contributed by atoms with van der Waals surface area (Å²) in [6.45, 7) is 1.98. The van der Waals surface area contributed by atoms with Crippen LogP contribution >= 0.6 is 11.8 Å². The lowest BCUT2D eigenvalue weighted by Crippen LogP contribution is -2.52. The molecular formula is C13H23N3O2S. The van der Waals surface area contributed by atoms with Crippen molar-refractivity contribution in [3.05, 3.63) is 0 Å². The van der Waals surface area contributed by atoms with Crippen molar-refractivity contribution in [1.82, 2.24) is 16.0 Å². The summed E-state index contributed by atoms with van der Waals surface area (Å²) in [4.78, 5) is 23.2. The summed E-state index contributed by atoms with van der Waals surface area (Å²) >= 11 is 1.52. The number of urea groups is 1. The number of carbonyl (C=O) groups is 2. The van der Waals surface area contributed by atoms with Crippen LogP contribution in [0.15, 0.2) is 0 Å². The van der Waals surface area contributed by atoms with Gasteiger partial charge < -0.3 is 16.0 Å². The summed E-state index contributed by atoms with van der Waals surface area (Å²) in [6.07, 6.45) is 6.81. The van der Waals surface area contributed by atoms with Gasteiger partial charge in [-0.25, -0.2) is 4.79 Å². The molecule has 1 saturated carbocycles. The van der Waals surface area contributed by atoms with E-state index in [9.17, 15) is 9.59 Å². The van der Waals surface area contributed by atoms with Gasteiger partial charge in [-0.2, -0.15) is 0 Å². The lowest BCUT2D eigenvalue weighted by Gasteiger charge is -2.29. The van der Waals surface area contributed by atoms with Gasteiger partial charge in [0, 0.05) is 12.1 Å². The Labute approximate surface area is 118 Å². The van der Waals surface area contributed by atoms with E-state index in [4.69, 9.17) is 0 Å². The molecule has 6 heteroatoms. The van der Waals surface area contributed by atoms with E-state index in [2.05, 4.69) is 16.0 Å². The fraction of sp³-hybridized carbons (Fsp3) is 0.846. The van der Waals surface area contributed by atoms with Crippen molar-refractivity contribution in [3.63, 3.8) is 0 Å². The smallest absolute Gasteiger partial charge is 0.315 e. The highest BCUT2D eigenvalue weighted by molar-refractivity contribution is 8.00. The number of hydrogen-bond acceptors (Lipinski definition) is 3. The average molecular weight is 285 g/mol. The molecule has 0 radical (unpaired) electrons. The zero-order valence-electron chi connectivity index (χ0n) is 11.4. The summed E-state index contributed by atoms with van der Waals surface area (Å²) in [6, 6.07) is 0.403. The maximum absolute atomic E-state index is 11.9. The number of rotatable bonds is 4. The predicted octanol–water partition coefficient (Wildman–Crippen LogP) is 1.59. The Balaban J connectivity index is 1.66. The lowest BCUT2D eigenvalue weighted by molar-refractivity contribution is -0.119. The van der Waals surface area contributed by atoms with Gasteiger partial charge in [0.15, 0.2) is 0 Å². The standard InChI is InChI=1S/C13H23N3O2S/c1-9-7-12(16-13(18)14-9)19-8-11(17)15-10-5-3-2-4-6-10/h9-10,12H,2-8H2,1H3,(H,15,17)(H2,14,16,18). The Kier molecular flexibility index (Phi) is 5.36. The molecule has 2 atom stereocenters. The molecule has 3 amide bonds. The molecule has 1 aliphatic heterocycles. The summed E-state index contributed by atoms with van der Waals surface area (Å²) in [5.74, 6) is 0.520. The lowest BCUT2D eigenvalue weighted by atomic mass is 9.95. The minimum Gasteiger partial charge on any atom is -0.353 e. The van der Waals surface area contributed by atoms with Gasteiger partial charge in [-0.3, -0.25) is 4.79 Å². The summed E-state index contributed by atoms with van der Waals surface area (Å²) < 4.78 is 0. The van der Waals surface area contributed by atoms with E-state index in [1.165, 1.54) is 31.0 Å². The predicted molar refractivity (Wildman–Crippen MR) is 77.0 cm³/mol. The van der Waals surface area contributed by atoms with Crippen molar-refractivity contribution in [2.45, 2.75) is 62.9 Å². The van der Waals surface area contributed by atoms with Crippen LogP contribution < -0.4 is 16.0 Å². The zero-order chi connectivity index (χ0) is 13.7. The molecule has 2 aliphatic rings. The molecule has 1 saturated heterocycles. The first-order valence-electron chi connectivity index (χ1n) is 7.11. The number of carbonyl (C=O) groups excluding carboxylic acids is 2. The number of thioether (sulfide) groups is 1. The summed E-state index contributed by atoms with van der Waals surface area (Å²) in [5.41, 5.74) is 0. The first-order chi connectivity index (χ1) is 9.13. The van der Waals surface area contributed by atoms with Crippen LogP contribution in [-0.4, -0.2) is 35.1 Å². The zero-order valence-corrected chi connectivity index (χ0v) is 12.2. The molecule has 1 aliphatic carbocycles. The molecule has 108 valence electrons. The largest absolute Gasteiger partial charge is 0.353 e. The maximum atomic E-state index is 11.9. The molecule has 0 aromatic carbocycles. The van der Waals surface area contributed by atoms with Crippen molar-refractivity contribution < 1.29 is 9.59 Å². The van der Waals surface area contributed by atoms with Crippen LogP contribution in [0.4, 0.5) is 4.79 Å². The van der Waals surface area contributed by atoms with Crippen molar-refractivity contribution in [2.24, 2.45) is 0 Å². The Morgan fingerprint density at radius 2 is 2.05 bits per heavy atom. The molecular weight excluding hydrogens is 262 g/mol. The van der Waals surface area contributed by atoms with E-state index in [1.54, 1.807) is 0 Å². The second kappa shape index (κ2) is 7.03. The van der Waals surface area contributed by atoms with Crippen LogP contribution in [0.5, 0.6) is 0 Å². The minimum atomic E-state index is -0.135. The van der Waals surface area contributed by atoms with E-state index in [0.29, 0.717) is 11.8 Å². The molecule has 2 fully saturated rings. The highest BCUT2D eigenvalue weighted by atomic mass is 32.2. The monoisotopic (exact) mass is 285 g/mol. The maximum Gasteiger partial charge on any atom is 0.315 e. The first-order valence-corrected chi connectivity index (χ1v) is 8.16. The fourth-order valence-electron chi connectivity index (χ4n) is 2.65. The van der Waals surface area contributed by atoms with Gasteiger partial charge in [-0.05, 0) is 26.2 Å². The van der Waals surface area contributed by atoms with Crippen molar-refractivity contribution in [2.75, 3.05) is 5.75 Å². The van der Waals surface area contributed by atoms with Crippen molar-refractivity contribution in [3.8, 4) is 0 Å². The van der Waals surface area contributed by atoms with E-state index >= 15 is 0 Å². The van der Waals surface area contributed by atoms with E-state index in [0.717, 1.165) is 19.3 Å². The molecule has 0 aromatic heterocycles. The second-order valence-corrected chi connectivity index (χ2v) is 6.65. The van der Waals surface area contributed by atoms with E-state index in [1.807, 2.05) is 6.92 Å². The topological polar surface area (TPSA) is 70.2 Å². The molecule has 2 unspecified atom stereocenters. The van der Waals surface area contributed by atoms with Gasteiger partial charge in [0.05, 0.1) is 11.1 Å². The number of amides is 3. The number of nitrogens with one attached hydrogen (secondary N) is 3. The van der Waals surface area contributed by atoms with Gasteiger partial charge in [0.2, 0.25) is 5.91 Å². The van der Waals surface area contributed by atoms with Gasteiger partial charge in [0.25, 0.3) is 0 Å². The quantitative estimate of drug-likeness (QED) is 0.734. The molecule has 0 aromatic rings. The molecule has 0 spiro atoms. The Hall–Kier alpha value is -0.910. The van der Waals surface area contributed by atoms with E-state index < -0.39 is 0 Å². The Bertz CT molecular complexity index is 332. The van der Waals surface area contributed by atoms with Gasteiger partial charge in [-0.15, -0.1) is 11.8 Å². The van der Waals surface area contributed by atoms with Crippen LogP contribution in [0, 0.1) is 0 Å². The van der Waals surface area contributed by atoms with Gasteiger partial charge in [0.1, 0.15) is 0 Å². The third-order valence-electron chi connectivity index (χ3n) is 3.62. The van der Waals surface area contributed by atoms with Crippen LogP contribution in [-0.2, 0) is 4.79 Å². The Morgan fingerprint density at radius 1 is 1.32 bits per heavy atom. The molecule has 19 heavy (non-hydrogen) atoms. The molecule has 1 heterocycles. The highest BCUT2D eigenvalue weighted by Crippen LogP contribution is 2.19. The van der Waals surface area contributed by atoms with Crippen LogP contribution in [0.1, 0.15) is 45.4 Å². The first kappa shape index (κ1) is 14.5. The fourth-order valence-corrected chi connectivity index (χ4v) is 3.70. The molecule has 5 nitrogen and oxygen atoms in total. The number of hydrogen-bond donors (Lipinski definition) is 3. The molecule has 3 N–H and O–H groups in total. The van der Waals surface area contributed by atoms with Crippen LogP contribution in [0.2, 0.25) is 0 Å². The summed E-state index contributed by atoms with van der Waals surface area (Å²) in [5, 5.41) is 8.77.